The molecule has 42 heavy (non-hydrogen) atoms. The Morgan fingerprint density at radius 2 is 1.76 bits per heavy atom. The van der Waals surface area contributed by atoms with Gasteiger partial charge >= 0.3 is 12.1 Å². The van der Waals surface area contributed by atoms with Gasteiger partial charge in [-0.15, -0.1) is 0 Å². The molecule has 3 rings (SSSR count). The zero-order chi connectivity index (χ0) is 31.0. The van der Waals surface area contributed by atoms with E-state index in [1.807, 2.05) is 0 Å². The molecule has 10 nitrogen and oxygen atoms in total. The third kappa shape index (κ3) is 8.74. The molecule has 0 saturated heterocycles. The lowest BCUT2D eigenvalue weighted by Crippen LogP contribution is -2.36. The van der Waals surface area contributed by atoms with Crippen molar-refractivity contribution in [2.45, 2.75) is 46.3 Å². The fourth-order valence-corrected chi connectivity index (χ4v) is 4.28. The first-order valence-corrected chi connectivity index (χ1v) is 13.5. The lowest BCUT2D eigenvalue weighted by atomic mass is 10.1. The summed E-state index contributed by atoms with van der Waals surface area (Å²) in [4.78, 5) is 39.3. The highest BCUT2D eigenvalue weighted by Crippen LogP contribution is 2.22. The monoisotopic (exact) mass is 600 g/mol. The number of hydrogen-bond donors (Lipinski definition) is 3. The van der Waals surface area contributed by atoms with Crippen molar-refractivity contribution in [2.75, 3.05) is 12.0 Å². The molecule has 0 aliphatic heterocycles. The Morgan fingerprint density at radius 1 is 1.07 bits per heavy atom. The number of halogens is 2. The van der Waals surface area contributed by atoms with Crippen molar-refractivity contribution in [2.24, 2.45) is 0 Å². The van der Waals surface area contributed by atoms with E-state index in [9.17, 15) is 23.2 Å². The van der Waals surface area contributed by atoms with Crippen molar-refractivity contribution < 1.29 is 32.6 Å². The number of rotatable bonds is 9. The van der Waals surface area contributed by atoms with Gasteiger partial charge in [0.2, 0.25) is 11.2 Å². The van der Waals surface area contributed by atoms with Crippen LogP contribution in [-0.2, 0) is 22.5 Å². The largest absolute Gasteiger partial charge is 0.482 e. The lowest BCUT2D eigenvalue weighted by molar-refractivity contribution is 0.0505. The number of pyridine rings is 1. The van der Waals surface area contributed by atoms with Crippen LogP contribution in [0.25, 0.3) is 0 Å². The third-order valence-corrected chi connectivity index (χ3v) is 6.12. The van der Waals surface area contributed by atoms with Crippen LogP contribution in [0.5, 0.6) is 5.75 Å². The van der Waals surface area contributed by atoms with Crippen molar-refractivity contribution in [3.8, 4) is 5.75 Å². The van der Waals surface area contributed by atoms with Crippen LogP contribution < -0.4 is 15.6 Å². The van der Waals surface area contributed by atoms with Crippen LogP contribution in [-0.4, -0.2) is 39.0 Å². The first-order valence-electron chi connectivity index (χ1n) is 12.7. The van der Waals surface area contributed by atoms with E-state index >= 15 is 0 Å². The van der Waals surface area contributed by atoms with Gasteiger partial charge in [-0.05, 0) is 44.9 Å². The maximum Gasteiger partial charge on any atom is 0.426 e. The number of aromatic nitrogens is 1. The van der Waals surface area contributed by atoms with Crippen molar-refractivity contribution in [3.63, 3.8) is 0 Å². The average Bonchev–Trinajstić information content (AvgIpc) is 2.89. The molecule has 0 spiro atoms. The smallest absolute Gasteiger partial charge is 0.426 e. The first kappa shape index (κ1) is 32.0. The molecule has 13 heteroatoms. The maximum atomic E-state index is 14.1. The van der Waals surface area contributed by atoms with Gasteiger partial charge in [0.05, 0.1) is 17.2 Å². The Balaban J connectivity index is 2.05. The summed E-state index contributed by atoms with van der Waals surface area (Å²) in [5, 5.41) is 16.2. The fourth-order valence-electron chi connectivity index (χ4n) is 3.55. The summed E-state index contributed by atoms with van der Waals surface area (Å²) in [6, 6.07) is 11.7. The van der Waals surface area contributed by atoms with E-state index in [1.54, 1.807) is 58.0 Å². The number of carbonyl (C=O) groups is 2. The molecule has 1 aromatic heterocycles. The first-order chi connectivity index (χ1) is 19.8. The van der Waals surface area contributed by atoms with Gasteiger partial charge in [-0.3, -0.25) is 15.6 Å². The van der Waals surface area contributed by atoms with E-state index in [2.05, 4.69) is 5.43 Å². The highest BCUT2D eigenvalue weighted by atomic mass is 32.2. The standard InChI is InChI=1S/C29H30F2N4O6S/c1-5-39-27(37)23-25(40-16-17-9-7-6-8-10-17)24(36)20(15-35(23)34-28(38)41-29(2,3)4)26(33)42-22(32)13-18-11-12-19(30)14-21(18)31/h6-12,14-15,32-33H,5,13,16H2,1-4H3,(H,34,38). The van der Waals surface area contributed by atoms with Gasteiger partial charge in [0, 0.05) is 18.7 Å². The molecule has 1 heterocycles. The molecule has 222 valence electrons. The molecular formula is C29H30F2N4O6S. The average molecular weight is 601 g/mol. The van der Waals surface area contributed by atoms with E-state index in [1.165, 1.54) is 6.07 Å². The van der Waals surface area contributed by atoms with Crippen LogP contribution in [0, 0.1) is 22.5 Å². The Labute approximate surface area is 245 Å². The van der Waals surface area contributed by atoms with Gasteiger partial charge in [0.25, 0.3) is 0 Å². The SMILES string of the molecule is CCOC(=O)c1c(OCc2ccccc2)c(=O)c(C(=N)SC(=N)Cc2ccc(F)cc2F)cn1NC(=O)OC(C)(C)C. The van der Waals surface area contributed by atoms with Gasteiger partial charge in [0.15, 0.2) is 5.69 Å². The van der Waals surface area contributed by atoms with Crippen molar-refractivity contribution >= 4 is 33.9 Å². The number of hydrogen-bond acceptors (Lipinski definition) is 9. The van der Waals surface area contributed by atoms with Gasteiger partial charge in [-0.25, -0.2) is 28.5 Å². The van der Waals surface area contributed by atoms with Gasteiger partial charge in [-0.2, -0.15) is 0 Å². The number of carbonyl (C=O) groups excluding carboxylic acids is 2. The Bertz CT molecular complexity index is 1550. The van der Waals surface area contributed by atoms with E-state index in [-0.39, 0.29) is 35.8 Å². The number of amides is 1. The zero-order valence-electron chi connectivity index (χ0n) is 23.4. The van der Waals surface area contributed by atoms with Crippen molar-refractivity contribution in [1.29, 1.82) is 10.8 Å². The Hall–Kier alpha value is -4.52. The predicted octanol–water partition coefficient (Wildman–Crippen LogP) is 5.64. The van der Waals surface area contributed by atoms with E-state index < -0.39 is 51.2 Å². The van der Waals surface area contributed by atoms with Gasteiger partial charge < -0.3 is 14.2 Å². The molecule has 0 bridgehead atoms. The van der Waals surface area contributed by atoms with Crippen LogP contribution >= 0.6 is 11.8 Å². The van der Waals surface area contributed by atoms with Crippen molar-refractivity contribution in [1.82, 2.24) is 4.68 Å². The molecule has 1 amide bonds. The zero-order valence-corrected chi connectivity index (χ0v) is 24.2. The quantitative estimate of drug-likeness (QED) is 0.164. The molecule has 0 saturated carbocycles. The summed E-state index contributed by atoms with van der Waals surface area (Å²) in [7, 11) is 0. The van der Waals surface area contributed by atoms with E-state index in [4.69, 9.17) is 25.0 Å². The summed E-state index contributed by atoms with van der Waals surface area (Å²) in [5.41, 5.74) is 0.477. The number of nitrogens with zero attached hydrogens (tertiary/aromatic N) is 1. The van der Waals surface area contributed by atoms with Gasteiger partial charge in [-0.1, -0.05) is 48.2 Å². The molecular weight excluding hydrogens is 570 g/mol. The summed E-state index contributed by atoms with van der Waals surface area (Å²) in [5.74, 6) is -3.12. The van der Waals surface area contributed by atoms with Gasteiger partial charge in [0.1, 0.15) is 28.9 Å². The number of esters is 1. The second-order valence-electron chi connectivity index (χ2n) is 9.79. The summed E-state index contributed by atoms with van der Waals surface area (Å²) in [6.07, 6.45) is -0.230. The normalized spacial score (nSPS) is 11.0. The van der Waals surface area contributed by atoms with Crippen LogP contribution in [0.15, 0.2) is 59.5 Å². The molecule has 0 aliphatic carbocycles. The Morgan fingerprint density at radius 3 is 2.38 bits per heavy atom. The number of nitrogens with one attached hydrogen (secondary N) is 3. The van der Waals surface area contributed by atoms with Crippen LogP contribution in [0.4, 0.5) is 13.6 Å². The minimum atomic E-state index is -0.987. The minimum Gasteiger partial charge on any atom is -0.482 e. The second-order valence-corrected chi connectivity index (χ2v) is 10.9. The molecule has 0 fully saturated rings. The topological polar surface area (TPSA) is 144 Å². The highest BCUT2D eigenvalue weighted by Gasteiger charge is 2.28. The molecule has 0 atom stereocenters. The molecule has 3 aromatic rings. The van der Waals surface area contributed by atoms with Crippen LogP contribution in [0.1, 0.15) is 54.9 Å². The van der Waals surface area contributed by atoms with Crippen molar-refractivity contribution in [3.05, 3.63) is 99.0 Å². The summed E-state index contributed by atoms with van der Waals surface area (Å²) >= 11 is 0.537. The third-order valence-electron chi connectivity index (χ3n) is 5.31. The number of thioether (sulfide) groups is 1. The highest BCUT2D eigenvalue weighted by molar-refractivity contribution is 8.26. The molecule has 2 aromatic carbocycles. The fraction of sp³-hybridized carbons (Fsp3) is 0.276. The predicted molar refractivity (Wildman–Crippen MR) is 155 cm³/mol. The molecule has 3 N–H and O–H groups in total. The second kappa shape index (κ2) is 13.9. The lowest BCUT2D eigenvalue weighted by Gasteiger charge is -2.22. The minimum absolute atomic E-state index is 0.0234. The van der Waals surface area contributed by atoms with Crippen LogP contribution in [0.2, 0.25) is 0 Å². The molecule has 0 aliphatic rings. The number of ether oxygens (including phenoxy) is 3. The summed E-state index contributed by atoms with van der Waals surface area (Å²) in [6.45, 7) is 6.26. The van der Waals surface area contributed by atoms with E-state index in [0.717, 1.165) is 16.9 Å². The molecule has 0 radical (unpaired) electrons. The summed E-state index contributed by atoms with van der Waals surface area (Å²) < 4.78 is 44.5. The Kier molecular flexibility index (Phi) is 10.6. The molecule has 0 unspecified atom stereocenters. The van der Waals surface area contributed by atoms with E-state index in [0.29, 0.717) is 23.4 Å². The van der Waals surface area contributed by atoms with Crippen LogP contribution in [0.3, 0.4) is 0 Å². The maximum absolute atomic E-state index is 14.1. The number of benzene rings is 2.